The first-order valence-electron chi connectivity index (χ1n) is 5.82. The van der Waals surface area contributed by atoms with Crippen LogP contribution in [0.4, 0.5) is 18.9 Å². The molecular formula is C12H11F3N2O3. The molecule has 1 aromatic rings. The number of rotatable bonds is 3. The second-order valence-electron chi connectivity index (χ2n) is 4.60. The molecule has 1 fully saturated rings. The number of piperidine rings is 1. The summed E-state index contributed by atoms with van der Waals surface area (Å²) in [6.45, 7) is -1.55. The largest absolute Gasteiger partial charge is 0.339 e. The summed E-state index contributed by atoms with van der Waals surface area (Å²) in [5, 5.41) is 12.7. The number of non-ortho nitro benzene ring substituents is 1. The molecule has 0 aromatic heterocycles. The maximum absolute atomic E-state index is 14.1. The molecule has 0 unspecified atom stereocenters. The Morgan fingerprint density at radius 1 is 1.40 bits per heavy atom. The van der Waals surface area contributed by atoms with Gasteiger partial charge in [0.05, 0.1) is 4.92 Å². The van der Waals surface area contributed by atoms with Gasteiger partial charge >= 0.3 is 0 Å². The molecule has 108 valence electrons. The lowest BCUT2D eigenvalue weighted by Gasteiger charge is -2.42. The van der Waals surface area contributed by atoms with Crippen molar-refractivity contribution in [1.29, 1.82) is 0 Å². The number of hydrogen-bond donors (Lipinski definition) is 1. The minimum absolute atomic E-state index is 0.313. The van der Waals surface area contributed by atoms with Crippen molar-refractivity contribution in [2.75, 3.05) is 6.67 Å². The van der Waals surface area contributed by atoms with Crippen LogP contribution >= 0.6 is 0 Å². The predicted molar refractivity (Wildman–Crippen MR) is 63.1 cm³/mol. The molecule has 1 aliphatic heterocycles. The minimum Gasteiger partial charge on any atom is -0.339 e. The van der Waals surface area contributed by atoms with Crippen LogP contribution in [0.2, 0.25) is 0 Å². The quantitative estimate of drug-likeness (QED) is 0.685. The fourth-order valence-corrected chi connectivity index (χ4v) is 2.25. The number of hydrogen-bond acceptors (Lipinski definition) is 3. The third kappa shape index (κ3) is 2.10. The van der Waals surface area contributed by atoms with Crippen LogP contribution in [0.3, 0.4) is 0 Å². The molecule has 1 atom stereocenters. The highest BCUT2D eigenvalue weighted by molar-refractivity contribution is 5.78. The van der Waals surface area contributed by atoms with Crippen LogP contribution in [0.15, 0.2) is 24.3 Å². The molecule has 1 heterocycles. The van der Waals surface area contributed by atoms with Gasteiger partial charge in [-0.15, -0.1) is 0 Å². The number of halogens is 3. The summed E-state index contributed by atoms with van der Waals surface area (Å²) in [4.78, 5) is 21.3. The number of nitrogens with one attached hydrogen (secondary N) is 1. The molecule has 20 heavy (non-hydrogen) atoms. The maximum Gasteiger partial charge on any atom is 0.277 e. The zero-order valence-electron chi connectivity index (χ0n) is 10.2. The molecule has 1 amide bonds. The number of alkyl halides is 3. The van der Waals surface area contributed by atoms with E-state index in [-0.39, 0.29) is 5.56 Å². The van der Waals surface area contributed by atoms with Gasteiger partial charge in [0, 0.05) is 25.0 Å². The Hall–Kier alpha value is -2.12. The van der Waals surface area contributed by atoms with Crippen molar-refractivity contribution < 1.29 is 22.9 Å². The molecule has 1 aromatic carbocycles. The molecule has 5 nitrogen and oxygen atoms in total. The van der Waals surface area contributed by atoms with E-state index in [9.17, 15) is 28.1 Å². The monoisotopic (exact) mass is 288 g/mol. The van der Waals surface area contributed by atoms with Gasteiger partial charge < -0.3 is 5.32 Å². The fourth-order valence-electron chi connectivity index (χ4n) is 2.25. The highest BCUT2D eigenvalue weighted by Gasteiger charge is 2.58. The van der Waals surface area contributed by atoms with E-state index in [0.717, 1.165) is 18.2 Å². The molecule has 1 saturated heterocycles. The van der Waals surface area contributed by atoms with E-state index < -0.39 is 47.5 Å². The van der Waals surface area contributed by atoms with E-state index in [2.05, 4.69) is 0 Å². The molecule has 0 bridgehead atoms. The summed E-state index contributed by atoms with van der Waals surface area (Å²) in [6, 6.07) is 4.30. The molecule has 1 N–H and O–H groups in total. The van der Waals surface area contributed by atoms with Crippen molar-refractivity contribution >= 4 is 11.6 Å². The van der Waals surface area contributed by atoms with Gasteiger partial charge in [-0.3, -0.25) is 14.9 Å². The first kappa shape index (κ1) is 14.3. The molecular weight excluding hydrogens is 277 g/mol. The van der Waals surface area contributed by atoms with Crippen LogP contribution < -0.4 is 5.32 Å². The lowest BCUT2D eigenvalue weighted by atomic mass is 9.79. The van der Waals surface area contributed by atoms with Crippen LogP contribution in [0.5, 0.6) is 0 Å². The predicted octanol–water partition coefficient (Wildman–Crippen LogP) is 2.30. The lowest BCUT2D eigenvalue weighted by Crippen LogP contribution is -2.62. The van der Waals surface area contributed by atoms with Gasteiger partial charge in [0.15, 0.2) is 5.54 Å². The molecule has 8 heteroatoms. The van der Waals surface area contributed by atoms with E-state index in [1.165, 1.54) is 6.07 Å². The smallest absolute Gasteiger partial charge is 0.277 e. The van der Waals surface area contributed by atoms with Crippen molar-refractivity contribution in [2.24, 2.45) is 0 Å². The Labute approximate surface area is 111 Å². The van der Waals surface area contributed by atoms with E-state index in [4.69, 9.17) is 0 Å². The van der Waals surface area contributed by atoms with Crippen LogP contribution in [0.1, 0.15) is 18.4 Å². The van der Waals surface area contributed by atoms with Gasteiger partial charge in [0.2, 0.25) is 5.91 Å². The number of nitro groups is 1. The highest BCUT2D eigenvalue weighted by Crippen LogP contribution is 2.44. The number of carbonyl (C=O) groups excluding carboxylic acids is 1. The number of amides is 1. The Morgan fingerprint density at radius 3 is 2.70 bits per heavy atom. The minimum atomic E-state index is -3.52. The topological polar surface area (TPSA) is 72.2 Å². The molecule has 0 radical (unpaired) electrons. The molecule has 1 aliphatic rings. The van der Waals surface area contributed by atoms with Gasteiger partial charge in [-0.05, 0) is 5.56 Å². The summed E-state index contributed by atoms with van der Waals surface area (Å²) in [5.74, 6) is -4.23. The van der Waals surface area contributed by atoms with E-state index in [1.54, 1.807) is 0 Å². The fraction of sp³-hybridized carbons (Fsp3) is 0.417. The molecule has 2 rings (SSSR count). The third-order valence-electron chi connectivity index (χ3n) is 3.39. The number of benzene rings is 1. The van der Waals surface area contributed by atoms with Crippen molar-refractivity contribution in [1.82, 2.24) is 5.32 Å². The first-order chi connectivity index (χ1) is 9.32. The van der Waals surface area contributed by atoms with Crippen LogP contribution in [-0.4, -0.2) is 23.4 Å². The number of nitro benzene ring substituents is 1. The summed E-state index contributed by atoms with van der Waals surface area (Å²) < 4.78 is 41.5. The second-order valence-corrected chi connectivity index (χ2v) is 4.60. The number of nitrogens with zero attached hydrogens (tertiary/aromatic N) is 1. The molecule has 0 aliphatic carbocycles. The second kappa shape index (κ2) is 4.77. The average Bonchev–Trinajstić information content (AvgIpc) is 2.41. The van der Waals surface area contributed by atoms with Crippen molar-refractivity contribution in [3.8, 4) is 0 Å². The molecule has 0 saturated carbocycles. The zero-order valence-corrected chi connectivity index (χ0v) is 10.2. The summed E-state index contributed by atoms with van der Waals surface area (Å²) in [6.07, 6.45) is -1.21. The average molecular weight is 288 g/mol. The van der Waals surface area contributed by atoms with Gasteiger partial charge in [0.1, 0.15) is 6.67 Å². The van der Waals surface area contributed by atoms with E-state index in [0.29, 0.717) is 0 Å². The zero-order chi connectivity index (χ0) is 15.0. The summed E-state index contributed by atoms with van der Waals surface area (Å²) in [7, 11) is 0. The van der Waals surface area contributed by atoms with Gasteiger partial charge in [-0.25, -0.2) is 13.2 Å². The number of carbonyl (C=O) groups is 1. The molecule has 0 spiro atoms. The van der Waals surface area contributed by atoms with E-state index >= 15 is 0 Å². The Bertz CT molecular complexity index is 565. The Morgan fingerprint density at radius 2 is 2.10 bits per heavy atom. The van der Waals surface area contributed by atoms with E-state index in [1.807, 2.05) is 5.32 Å². The highest BCUT2D eigenvalue weighted by atomic mass is 19.3. The Kier molecular flexibility index (Phi) is 3.41. The van der Waals surface area contributed by atoms with Gasteiger partial charge in [-0.2, -0.15) is 0 Å². The SMILES string of the molecule is O=C1CCC(F)(F)[C@@](CF)(c2cccc([N+](=O)[O-])c2)N1. The first-order valence-corrected chi connectivity index (χ1v) is 5.82. The summed E-state index contributed by atoms with van der Waals surface area (Å²) >= 11 is 0. The standard InChI is InChI=1S/C12H11F3N2O3/c13-7-11(12(14,15)5-4-10(18)16-11)8-2-1-3-9(6-8)17(19)20/h1-3,6H,4-5,7H2,(H,16,18)/t11-/m1/s1. The van der Waals surface area contributed by atoms with Crippen molar-refractivity contribution in [3.05, 3.63) is 39.9 Å². The van der Waals surface area contributed by atoms with Crippen LogP contribution in [-0.2, 0) is 10.3 Å². The van der Waals surface area contributed by atoms with Gasteiger partial charge in [0.25, 0.3) is 11.6 Å². The van der Waals surface area contributed by atoms with Crippen LogP contribution in [0.25, 0.3) is 0 Å². The van der Waals surface area contributed by atoms with Crippen LogP contribution in [0, 0.1) is 10.1 Å². The Balaban J connectivity index is 2.56. The summed E-state index contributed by atoms with van der Waals surface area (Å²) in [5.41, 5.74) is -3.30. The van der Waals surface area contributed by atoms with Crippen molar-refractivity contribution in [2.45, 2.75) is 24.3 Å². The lowest BCUT2D eigenvalue weighted by molar-refractivity contribution is -0.385. The van der Waals surface area contributed by atoms with Crippen molar-refractivity contribution in [3.63, 3.8) is 0 Å². The van der Waals surface area contributed by atoms with Gasteiger partial charge in [-0.1, -0.05) is 12.1 Å². The normalized spacial score (nSPS) is 25.1. The third-order valence-corrected chi connectivity index (χ3v) is 3.39. The maximum atomic E-state index is 14.1.